The highest BCUT2D eigenvalue weighted by molar-refractivity contribution is 14.1. The number of benzene rings is 5. The molecule has 5 aromatic rings. The molecule has 46 nitrogen and oxygen atoms in total. The van der Waals surface area contributed by atoms with Crippen molar-refractivity contribution >= 4 is 544 Å². The van der Waals surface area contributed by atoms with Crippen LogP contribution in [-0.4, -0.2) is 300 Å². The van der Waals surface area contributed by atoms with Gasteiger partial charge < -0.3 is 133 Å². The van der Waals surface area contributed by atoms with Crippen molar-refractivity contribution in [3.8, 4) is 0 Å². The second kappa shape index (κ2) is 77.5. The number of nitrogen functional groups attached to an aromatic ring is 1. The first-order chi connectivity index (χ1) is 66.1. The Hall–Kier alpha value is -0.900. The van der Waals surface area contributed by atoms with Crippen molar-refractivity contribution in [2.24, 2.45) is 5.73 Å². The van der Waals surface area contributed by atoms with Gasteiger partial charge in [0.15, 0.2) is 49.6 Å². The lowest BCUT2D eigenvalue weighted by Crippen LogP contribution is -2.24. The van der Waals surface area contributed by atoms with Crippen LogP contribution in [0.5, 0.6) is 0 Å². The van der Waals surface area contributed by atoms with E-state index in [4.69, 9.17) is 89.6 Å². The molecule has 0 bridgehead atoms. The summed E-state index contributed by atoms with van der Waals surface area (Å²) >= 11 is 37.3. The van der Waals surface area contributed by atoms with Gasteiger partial charge in [0, 0.05) is 136 Å². The van der Waals surface area contributed by atoms with Gasteiger partial charge in [-0.25, -0.2) is 28.2 Å². The highest BCUT2D eigenvalue weighted by atomic mass is 127. The predicted octanol–water partition coefficient (Wildman–Crippen LogP) is 10.7. The summed E-state index contributed by atoms with van der Waals surface area (Å²) in [4.78, 5) is 219. The second-order valence-corrected chi connectivity index (χ2v) is 45.9. The van der Waals surface area contributed by atoms with Crippen molar-refractivity contribution in [3.63, 3.8) is 0 Å². The number of carbonyl (C=O) groups excluding carboxylic acids is 14. The number of aliphatic hydroxyl groups excluding tert-OH is 11. The number of ether oxygens (including phenoxy) is 4. The summed E-state index contributed by atoms with van der Waals surface area (Å²) in [7, 11) is 7.36. The van der Waals surface area contributed by atoms with E-state index in [0.29, 0.717) is 32.1 Å². The number of carbonyl (C=O) groups is 19. The molecule has 0 radical (unpaired) electrons. The number of nitrogens with two attached hydrogens (primary N) is 2. The molecule has 144 heavy (non-hydrogen) atoms. The average molecular weight is 3840 g/mol. The van der Waals surface area contributed by atoms with Gasteiger partial charge in [-0.1, -0.05) is 0 Å². The first kappa shape index (κ1) is 149. The summed E-state index contributed by atoms with van der Waals surface area (Å²) in [6, 6.07) is 0. The molecule has 24 N–H and O–H groups in total. The van der Waals surface area contributed by atoms with Crippen molar-refractivity contribution in [1.29, 1.82) is 0 Å². The third-order valence-corrected chi connectivity index (χ3v) is 32.5. The Morgan fingerprint density at radius 1 is 0.312 bits per heavy atom. The number of nitrogens with one attached hydrogen (secondary N) is 4. The largest absolute Gasteiger partial charge is 0.478 e. The minimum absolute atomic E-state index is 0. The Labute approximate surface area is 1050 Å². The summed E-state index contributed by atoms with van der Waals surface area (Å²) in [5.41, 5.74) is 11.4. The number of halogens is 20. The lowest BCUT2D eigenvalue weighted by molar-refractivity contribution is -0.145. The van der Waals surface area contributed by atoms with E-state index in [1.54, 1.807) is 203 Å². The number of rotatable bonds is 41. The van der Waals surface area contributed by atoms with Gasteiger partial charge in [0.1, 0.15) is 6.61 Å². The number of hydrogen-bond donors (Lipinski definition) is 22. The van der Waals surface area contributed by atoms with Crippen molar-refractivity contribution in [2.75, 3.05) is 99.6 Å². The Bertz CT molecular complexity index is 5220. The van der Waals surface area contributed by atoms with Gasteiger partial charge in [-0.3, -0.25) is 67.1 Å². The molecule has 0 heterocycles. The first-order valence-electron chi connectivity index (χ1n) is 37.8. The summed E-state index contributed by atoms with van der Waals surface area (Å²) in [6.45, 7) is -0.170. The quantitative estimate of drug-likeness (QED) is 0.00431. The Kier molecular flexibility index (Phi) is 80.3. The van der Waals surface area contributed by atoms with Gasteiger partial charge >= 0.3 is 53.7 Å². The second-order valence-electron chi connectivity index (χ2n) is 26.4. The maximum Gasteiger partial charge on any atom is 0.337 e. The number of aliphatic hydroxyl groups is 11. The minimum Gasteiger partial charge on any atom is -0.478 e. The lowest BCUT2D eigenvalue weighted by Gasteiger charge is -2.19. The highest BCUT2D eigenvalue weighted by Gasteiger charge is 2.35. The number of Topliss-reactive ketones (excluding diaryl/α,β-unsaturated/α-hetero) is 4. The molecule has 0 fully saturated rings. The third kappa shape index (κ3) is 52.8. The Morgan fingerprint density at radius 2 is 0.493 bits per heavy atom. The number of ketones is 4. The van der Waals surface area contributed by atoms with Crippen LogP contribution in [0.4, 0.5) is 28.4 Å². The maximum absolute atomic E-state index is 13.0. The van der Waals surface area contributed by atoms with Gasteiger partial charge in [0.05, 0.1) is 147 Å². The average Bonchev–Trinajstić information content (AvgIpc) is 0.755. The van der Waals surface area contributed by atoms with E-state index in [1.807, 2.05) is 136 Å². The van der Waals surface area contributed by atoms with Crippen LogP contribution in [0.2, 0.25) is 0 Å². The summed E-state index contributed by atoms with van der Waals surface area (Å²) in [5.74, 6) is -13.0. The predicted molar refractivity (Wildman–Crippen MR) is 647 cm³/mol. The SMILES string of the molecule is CC(=O)OCC(=O)Cl.CC(=O)OCC(=O)Nc1c(I)c(C(=O)CCC(O)CO)c(I)c(C(=O)CCC(O)CO)c1I.CC(=O)OCC(=O)Nc1c(I)c(C(=O)O)c(I)c(C(=O)Cl)c1I.CC(=O)OCC(=O)Nc1c(I)c(C(=O)O)c(I)c(C(=O)O)c1I.Cl.NCC(O)CO.Nc1c(I)c(C(=O)O)c(I)c(C(=O)O)c1I.O=C(CO)Nc1c(I)c(C(=O)CCC(O)CO)c(I)c(C(=O)CCC(O)CO)c1I.O=S(Cl)Cl. The Balaban J connectivity index is -0.000000822. The first-order valence-corrected chi connectivity index (χ1v) is 57.5. The van der Waals surface area contributed by atoms with Gasteiger partial charge in [-0.05, 0) is 388 Å². The van der Waals surface area contributed by atoms with Gasteiger partial charge in [-0.15, -0.1) is 12.4 Å². The van der Waals surface area contributed by atoms with Gasteiger partial charge in [0.25, 0.3) is 28.2 Å². The molecule has 0 saturated carbocycles. The van der Waals surface area contributed by atoms with Crippen LogP contribution in [0.15, 0.2) is 0 Å². The monoisotopic (exact) mass is 3840 g/mol. The molecule has 5 aromatic carbocycles. The van der Waals surface area contributed by atoms with Gasteiger partial charge in [0.2, 0.25) is 15.1 Å². The molecule has 4 amide bonds. The molecule has 5 atom stereocenters. The number of anilines is 5. The molecule has 67 heteroatoms. The minimum atomic E-state index is -1.67. The Morgan fingerprint density at radius 3 is 0.660 bits per heavy atom. The summed E-state index contributed by atoms with van der Waals surface area (Å²) in [5, 5.41) is 154. The number of carboxylic acids is 5. The van der Waals surface area contributed by atoms with Crippen LogP contribution < -0.4 is 32.7 Å². The molecular formula is C77H80Cl5I15N6O40S. The molecule has 0 aliphatic carbocycles. The molecular weight excluding hydrogens is 3760 g/mol. The maximum atomic E-state index is 13.0. The molecule has 0 spiro atoms. The van der Waals surface area contributed by atoms with E-state index < -0.39 is 192 Å². The fraction of sp³-hybridized carbons (Fsp3) is 0.364. The van der Waals surface area contributed by atoms with E-state index in [0.717, 1.165) is 20.8 Å². The zero-order valence-electron chi connectivity index (χ0n) is 72.9. The topological polar surface area (TPSA) is 802 Å². The number of hydrogen-bond acceptors (Lipinski definition) is 37. The van der Waals surface area contributed by atoms with Crippen LogP contribution in [0.1, 0.15) is 183 Å². The fourth-order valence-corrected chi connectivity index (χ4v) is 32.0. The van der Waals surface area contributed by atoms with Crippen molar-refractivity contribution in [2.45, 2.75) is 110 Å². The molecule has 0 aromatic heterocycles. The third-order valence-electron chi connectivity index (χ3n) is 16.0. The standard InChI is InChI=1S/C20H24I3NO9.C18H22I3NO8.C12H7ClI3NO6.C12H8I3NO7.C8H4I3NO4.C4H5ClO3.C3H9NO2.Cl2OS.ClH/c1-9(27)33-8-14(32)24-20-18(22)15(12(30)4-2-10(28)6-25)17(21)16(19(20)23)13(31)5-3-11(29)7-26;19-15-13(10(28)3-1-8(26)5-23)16(20)18(22-12(30)7-25)17(21)14(15)11(29)4-2-9(27)6-24;1-3(18)23-2-4(19)17-10-8(15)5(11(13)20)7(14)6(9(10)16)12(21)22;1-3(17)23-2-4(18)16-10-8(14)5(11(19)20)7(13)6(9(10)15)12(21)22;9-3-1(7(13)14)4(10)6(12)5(11)2(3)8(15)16;1-3(6)8-2-4(5)7;4-1-3(6)2-5;1-4(2)3;/h10-11,25-26,28-29H,2-8H2,1H3,(H,24,32);8-9,23-27H,1-7H2,(H,22,30);2H2,1H3,(H,17,19)(H,21,22);2H2,1H3,(H,16,18)(H,19,20)(H,21,22);12H2,(H,13,14)(H,15,16);2H2,1H3;3,5-6H,1-2,4H2;;1H. The number of esters is 4. The molecule has 0 aliphatic heterocycles. The van der Waals surface area contributed by atoms with Crippen LogP contribution in [-0.2, 0) is 71.3 Å². The van der Waals surface area contributed by atoms with Crippen molar-refractivity contribution < 1.29 is 196 Å². The molecule has 5 unspecified atom stereocenters. The number of amides is 4. The van der Waals surface area contributed by atoms with Crippen molar-refractivity contribution in [1.82, 2.24) is 0 Å². The highest BCUT2D eigenvalue weighted by Crippen LogP contribution is 2.42. The van der Waals surface area contributed by atoms with Crippen LogP contribution >= 0.6 is 396 Å². The van der Waals surface area contributed by atoms with Crippen LogP contribution in [0.3, 0.4) is 0 Å². The summed E-state index contributed by atoms with van der Waals surface area (Å²) in [6.07, 6.45) is -5.30. The van der Waals surface area contributed by atoms with Gasteiger partial charge in [-0.2, -0.15) is 0 Å². The lowest BCUT2D eigenvalue weighted by atomic mass is 9.97. The normalized spacial score (nSPS) is 11.3. The van der Waals surface area contributed by atoms with E-state index >= 15 is 0 Å². The smallest absolute Gasteiger partial charge is 0.337 e. The number of aromatic carboxylic acids is 5. The van der Waals surface area contributed by atoms with E-state index in [-0.39, 0.29) is 201 Å². The summed E-state index contributed by atoms with van der Waals surface area (Å²) < 4.78 is 31.4. The molecule has 0 saturated heterocycles. The van der Waals surface area contributed by atoms with Crippen LogP contribution in [0.25, 0.3) is 0 Å². The molecule has 5 rings (SSSR count). The van der Waals surface area contributed by atoms with Crippen LogP contribution in [0, 0.1) is 53.6 Å². The zero-order chi connectivity index (χ0) is 112. The fourth-order valence-electron chi connectivity index (χ4n) is 9.37. The molecule has 0 aliphatic rings. The van der Waals surface area contributed by atoms with E-state index in [9.17, 15) is 127 Å². The molecule has 804 valence electrons. The number of carboxylic acid groups (broad SMARTS) is 5. The van der Waals surface area contributed by atoms with E-state index in [2.05, 4.69) is 56.8 Å². The van der Waals surface area contributed by atoms with E-state index in [1.165, 1.54) is 6.92 Å². The zero-order valence-corrected chi connectivity index (χ0v) is 110. The van der Waals surface area contributed by atoms with Crippen molar-refractivity contribution in [3.05, 3.63) is 109 Å².